The fourth-order valence-corrected chi connectivity index (χ4v) is 5.66. The average Bonchev–Trinajstić information content (AvgIpc) is 2.76. The van der Waals surface area contributed by atoms with Crippen LogP contribution in [0.15, 0.2) is 35.2 Å². The number of nitrogens with zero attached hydrogens (tertiary/aromatic N) is 1. The zero-order valence-electron chi connectivity index (χ0n) is 19.3. The molecule has 0 N–H and O–H groups in total. The Morgan fingerprint density at radius 3 is 2.28 bits per heavy atom. The molecule has 0 spiro atoms. The van der Waals surface area contributed by atoms with Gasteiger partial charge in [-0.3, -0.25) is 4.79 Å². The Labute approximate surface area is 190 Å². The minimum Gasteiger partial charge on any atom is -0.490 e. The first-order valence-corrected chi connectivity index (χ1v) is 12.2. The molecule has 7 nitrogen and oxygen atoms in total. The number of aryl methyl sites for hydroxylation is 2. The van der Waals surface area contributed by atoms with E-state index in [9.17, 15) is 13.2 Å². The largest absolute Gasteiger partial charge is 0.490 e. The number of hydrogen-bond acceptors (Lipinski definition) is 6. The summed E-state index contributed by atoms with van der Waals surface area (Å²) in [5.74, 6) is 0.679. The summed E-state index contributed by atoms with van der Waals surface area (Å²) in [6.45, 7) is 8.76. The maximum Gasteiger partial charge on any atom is 0.307 e. The number of carbonyl (C=O) groups is 1. The second-order valence-electron chi connectivity index (χ2n) is 7.77. The molecule has 8 heteroatoms. The molecule has 1 aliphatic heterocycles. The zero-order chi connectivity index (χ0) is 23.5. The highest BCUT2D eigenvalue weighted by atomic mass is 32.2. The molecule has 32 heavy (non-hydrogen) atoms. The van der Waals surface area contributed by atoms with Gasteiger partial charge in [0.25, 0.3) is 0 Å². The van der Waals surface area contributed by atoms with Crippen LogP contribution >= 0.6 is 0 Å². The van der Waals surface area contributed by atoms with E-state index in [2.05, 4.69) is 0 Å². The number of ether oxygens (including phenoxy) is 3. The molecule has 1 heterocycles. The van der Waals surface area contributed by atoms with Crippen molar-refractivity contribution in [1.29, 1.82) is 0 Å². The topological polar surface area (TPSA) is 82.1 Å². The molecule has 2 aromatic rings. The van der Waals surface area contributed by atoms with Gasteiger partial charge in [-0.25, -0.2) is 8.42 Å². The highest BCUT2D eigenvalue weighted by Gasteiger charge is 2.38. The molecule has 1 atom stereocenters. The van der Waals surface area contributed by atoms with Crippen LogP contribution in [0.4, 0.5) is 0 Å². The van der Waals surface area contributed by atoms with E-state index in [1.807, 2.05) is 33.8 Å². The summed E-state index contributed by atoms with van der Waals surface area (Å²) >= 11 is 0. The summed E-state index contributed by atoms with van der Waals surface area (Å²) in [7, 11) is -2.54. The highest BCUT2D eigenvalue weighted by Crippen LogP contribution is 2.42. The van der Waals surface area contributed by atoms with Gasteiger partial charge < -0.3 is 14.2 Å². The Bertz CT molecular complexity index is 1100. The normalized spacial score (nSPS) is 16.3. The fraction of sp³-hybridized carbons (Fsp3) is 0.458. The van der Waals surface area contributed by atoms with E-state index >= 15 is 0 Å². The predicted molar refractivity (Wildman–Crippen MR) is 122 cm³/mol. The quantitative estimate of drug-likeness (QED) is 0.554. The van der Waals surface area contributed by atoms with Gasteiger partial charge in [0.15, 0.2) is 11.5 Å². The molecule has 0 aliphatic carbocycles. The maximum absolute atomic E-state index is 13.6. The van der Waals surface area contributed by atoms with Crippen molar-refractivity contribution in [3.05, 3.63) is 52.6 Å². The molecule has 0 aromatic heterocycles. The fourth-order valence-electron chi connectivity index (χ4n) is 3.97. The molecule has 0 amide bonds. The van der Waals surface area contributed by atoms with Crippen molar-refractivity contribution >= 4 is 16.0 Å². The van der Waals surface area contributed by atoms with Crippen LogP contribution in [0.1, 0.15) is 48.6 Å². The summed E-state index contributed by atoms with van der Waals surface area (Å²) in [6.07, 6.45) is 0.413. The standard InChI is InChI=1S/C24H31NO6S/c1-6-30-22-13-18-10-11-25(32(27,28)19-9-8-16(3)17(4)12-19)21(15-24(26)29-5)20(18)14-23(22)31-7-2/h8-9,12-14,21H,6-7,10-11,15H2,1-5H3. The Balaban J connectivity index is 2.12. The lowest BCUT2D eigenvalue weighted by Crippen LogP contribution is -2.41. The lowest BCUT2D eigenvalue weighted by atomic mass is 9.91. The van der Waals surface area contributed by atoms with Gasteiger partial charge in [0, 0.05) is 6.54 Å². The van der Waals surface area contributed by atoms with Gasteiger partial charge in [0.1, 0.15) is 0 Å². The Kier molecular flexibility index (Phi) is 7.46. The number of fused-ring (bicyclic) bond motifs is 1. The van der Waals surface area contributed by atoms with Crippen LogP contribution in [0.3, 0.4) is 0 Å². The predicted octanol–water partition coefficient (Wildman–Crippen LogP) is 3.95. The van der Waals surface area contributed by atoms with Crippen LogP contribution in [0.5, 0.6) is 11.5 Å². The zero-order valence-corrected chi connectivity index (χ0v) is 20.1. The second kappa shape index (κ2) is 9.92. The van der Waals surface area contributed by atoms with E-state index < -0.39 is 22.0 Å². The second-order valence-corrected chi connectivity index (χ2v) is 9.66. The number of esters is 1. The molecule has 0 radical (unpaired) electrons. The molecule has 3 rings (SSSR count). The van der Waals surface area contributed by atoms with Gasteiger partial charge in [0.2, 0.25) is 10.0 Å². The molecule has 0 saturated carbocycles. The first-order chi connectivity index (χ1) is 15.2. The van der Waals surface area contributed by atoms with E-state index in [1.54, 1.807) is 24.3 Å². The molecule has 0 saturated heterocycles. The van der Waals surface area contributed by atoms with Crippen molar-refractivity contribution < 1.29 is 27.4 Å². The molecular formula is C24H31NO6S. The third kappa shape index (κ3) is 4.76. The average molecular weight is 462 g/mol. The van der Waals surface area contributed by atoms with E-state index in [0.717, 1.165) is 22.3 Å². The van der Waals surface area contributed by atoms with E-state index in [1.165, 1.54) is 11.4 Å². The van der Waals surface area contributed by atoms with Crippen molar-refractivity contribution in [2.75, 3.05) is 26.9 Å². The van der Waals surface area contributed by atoms with Gasteiger partial charge in [-0.1, -0.05) is 6.07 Å². The number of rotatable bonds is 8. The van der Waals surface area contributed by atoms with Crippen LogP contribution in [0.25, 0.3) is 0 Å². The summed E-state index contributed by atoms with van der Waals surface area (Å²) in [4.78, 5) is 12.5. The Morgan fingerprint density at radius 1 is 1.03 bits per heavy atom. The number of methoxy groups -OCH3 is 1. The monoisotopic (exact) mass is 461 g/mol. The minimum absolute atomic E-state index is 0.0902. The Morgan fingerprint density at radius 2 is 1.69 bits per heavy atom. The van der Waals surface area contributed by atoms with E-state index in [0.29, 0.717) is 31.1 Å². The minimum atomic E-state index is -3.84. The molecule has 1 aliphatic rings. The summed E-state index contributed by atoms with van der Waals surface area (Å²) in [5.41, 5.74) is 3.59. The third-order valence-electron chi connectivity index (χ3n) is 5.79. The molecule has 1 unspecified atom stereocenters. The first-order valence-electron chi connectivity index (χ1n) is 10.8. The van der Waals surface area contributed by atoms with Gasteiger partial charge >= 0.3 is 5.97 Å². The molecule has 2 aromatic carbocycles. The van der Waals surface area contributed by atoms with Crippen molar-refractivity contribution in [2.45, 2.75) is 51.5 Å². The van der Waals surface area contributed by atoms with Crippen LogP contribution in [-0.4, -0.2) is 45.6 Å². The molecule has 0 bridgehead atoms. The number of benzene rings is 2. The number of carbonyl (C=O) groups excluding carboxylic acids is 1. The van der Waals surface area contributed by atoms with Crippen molar-refractivity contribution in [3.63, 3.8) is 0 Å². The van der Waals surface area contributed by atoms with Crippen LogP contribution < -0.4 is 9.47 Å². The lowest BCUT2D eigenvalue weighted by Gasteiger charge is -2.36. The van der Waals surface area contributed by atoms with Crippen molar-refractivity contribution in [3.8, 4) is 11.5 Å². The van der Waals surface area contributed by atoms with Crippen LogP contribution in [0.2, 0.25) is 0 Å². The van der Waals surface area contributed by atoms with Crippen molar-refractivity contribution in [2.24, 2.45) is 0 Å². The van der Waals surface area contributed by atoms with Crippen LogP contribution in [-0.2, 0) is 26.0 Å². The van der Waals surface area contributed by atoms with Gasteiger partial charge in [0.05, 0.1) is 37.7 Å². The van der Waals surface area contributed by atoms with Gasteiger partial charge in [-0.05, 0) is 80.6 Å². The third-order valence-corrected chi connectivity index (χ3v) is 7.69. The van der Waals surface area contributed by atoms with Crippen molar-refractivity contribution in [1.82, 2.24) is 4.31 Å². The van der Waals surface area contributed by atoms with Gasteiger partial charge in [-0.15, -0.1) is 0 Å². The Hall–Kier alpha value is -2.58. The van der Waals surface area contributed by atoms with Gasteiger partial charge in [-0.2, -0.15) is 4.31 Å². The molecule has 174 valence electrons. The summed E-state index contributed by atoms with van der Waals surface area (Å²) in [5, 5.41) is 0. The SMILES string of the molecule is CCOc1cc2c(cc1OCC)C(CC(=O)OC)N(S(=O)(=O)c1ccc(C)c(C)c1)CC2. The number of hydrogen-bond donors (Lipinski definition) is 0. The smallest absolute Gasteiger partial charge is 0.307 e. The highest BCUT2D eigenvalue weighted by molar-refractivity contribution is 7.89. The molecular weight excluding hydrogens is 430 g/mol. The number of sulfonamides is 1. The summed E-state index contributed by atoms with van der Waals surface area (Å²) < 4.78 is 45.1. The first kappa shape index (κ1) is 24.1. The van der Waals surface area contributed by atoms with Crippen LogP contribution in [0, 0.1) is 13.8 Å². The maximum atomic E-state index is 13.6. The van der Waals surface area contributed by atoms with E-state index in [-0.39, 0.29) is 17.9 Å². The van der Waals surface area contributed by atoms with E-state index in [4.69, 9.17) is 14.2 Å². The lowest BCUT2D eigenvalue weighted by molar-refractivity contribution is -0.141. The summed E-state index contributed by atoms with van der Waals surface area (Å²) in [6, 6.07) is 8.10. The molecule has 0 fully saturated rings.